The first-order chi connectivity index (χ1) is 9.89. The standard InChI is InChI=1S/C18H23O2P/c1-13(2)21(20,14(3)4)18-12-8-6-10-16(18)15-9-5-7-11-17(15)19/h5-14,19H,1-4H3. The molecule has 0 saturated carbocycles. The second kappa shape index (κ2) is 6.07. The predicted octanol–water partition coefficient (Wildman–Crippen LogP) is 4.86. The van der Waals surface area contributed by atoms with Crippen molar-refractivity contribution in [3.63, 3.8) is 0 Å². The van der Waals surface area contributed by atoms with Gasteiger partial charge in [-0.1, -0.05) is 70.2 Å². The Morgan fingerprint density at radius 1 is 0.810 bits per heavy atom. The van der Waals surface area contributed by atoms with Crippen molar-refractivity contribution in [1.29, 1.82) is 0 Å². The molecule has 21 heavy (non-hydrogen) atoms. The van der Waals surface area contributed by atoms with Gasteiger partial charge in [-0.15, -0.1) is 0 Å². The highest BCUT2D eigenvalue weighted by Crippen LogP contribution is 2.55. The van der Waals surface area contributed by atoms with Crippen LogP contribution >= 0.6 is 7.14 Å². The molecule has 2 aromatic carbocycles. The summed E-state index contributed by atoms with van der Waals surface area (Å²) >= 11 is 0. The van der Waals surface area contributed by atoms with E-state index in [9.17, 15) is 9.67 Å². The van der Waals surface area contributed by atoms with Crippen molar-refractivity contribution in [3.8, 4) is 16.9 Å². The first-order valence-corrected chi connectivity index (χ1v) is 9.21. The Morgan fingerprint density at radius 3 is 1.81 bits per heavy atom. The Kier molecular flexibility index (Phi) is 4.58. The van der Waals surface area contributed by atoms with Crippen molar-refractivity contribution < 1.29 is 9.67 Å². The van der Waals surface area contributed by atoms with Crippen molar-refractivity contribution in [2.45, 2.75) is 39.0 Å². The van der Waals surface area contributed by atoms with Gasteiger partial charge < -0.3 is 9.67 Å². The van der Waals surface area contributed by atoms with E-state index in [1.54, 1.807) is 12.1 Å². The highest BCUT2D eigenvalue weighted by molar-refractivity contribution is 7.73. The maximum Gasteiger partial charge on any atom is 0.123 e. The summed E-state index contributed by atoms with van der Waals surface area (Å²) in [5, 5.41) is 11.0. The molecule has 2 rings (SSSR count). The summed E-state index contributed by atoms with van der Waals surface area (Å²) in [4.78, 5) is 0. The average Bonchev–Trinajstić information content (AvgIpc) is 2.46. The van der Waals surface area contributed by atoms with Crippen LogP contribution in [0.3, 0.4) is 0 Å². The lowest BCUT2D eigenvalue weighted by molar-refractivity contribution is 0.477. The van der Waals surface area contributed by atoms with Gasteiger partial charge in [-0.25, -0.2) is 0 Å². The molecule has 0 aliphatic heterocycles. The highest BCUT2D eigenvalue weighted by atomic mass is 31.2. The van der Waals surface area contributed by atoms with Gasteiger partial charge in [0.25, 0.3) is 0 Å². The zero-order valence-electron chi connectivity index (χ0n) is 13.1. The molecule has 2 nitrogen and oxygen atoms in total. The monoisotopic (exact) mass is 302 g/mol. The normalized spacial score (nSPS) is 12.1. The molecule has 0 saturated heterocycles. The molecule has 112 valence electrons. The van der Waals surface area contributed by atoms with E-state index in [4.69, 9.17) is 0 Å². The topological polar surface area (TPSA) is 37.3 Å². The minimum atomic E-state index is -2.55. The lowest BCUT2D eigenvalue weighted by atomic mass is 10.0. The van der Waals surface area contributed by atoms with E-state index in [1.165, 1.54) is 0 Å². The van der Waals surface area contributed by atoms with Crippen LogP contribution in [-0.4, -0.2) is 16.4 Å². The fourth-order valence-electron chi connectivity index (χ4n) is 2.86. The van der Waals surface area contributed by atoms with Gasteiger partial charge in [0, 0.05) is 22.2 Å². The second-order valence-electron chi connectivity index (χ2n) is 5.93. The number of para-hydroxylation sites is 1. The molecule has 0 amide bonds. The number of phenolic OH excluding ortho intramolecular Hbond substituents is 1. The zero-order chi connectivity index (χ0) is 15.6. The van der Waals surface area contributed by atoms with Crippen molar-refractivity contribution in [2.75, 3.05) is 0 Å². The van der Waals surface area contributed by atoms with Gasteiger partial charge in [0.2, 0.25) is 0 Å². The van der Waals surface area contributed by atoms with Crippen LogP contribution in [0.2, 0.25) is 0 Å². The van der Waals surface area contributed by atoms with E-state index in [-0.39, 0.29) is 17.1 Å². The Hall–Kier alpha value is -1.53. The van der Waals surface area contributed by atoms with E-state index in [0.29, 0.717) is 0 Å². The minimum absolute atomic E-state index is 0.0736. The van der Waals surface area contributed by atoms with Crippen LogP contribution in [-0.2, 0) is 4.57 Å². The number of phenols is 1. The molecule has 0 atom stereocenters. The molecular weight excluding hydrogens is 279 g/mol. The van der Waals surface area contributed by atoms with E-state index < -0.39 is 7.14 Å². The quantitative estimate of drug-likeness (QED) is 0.819. The van der Waals surface area contributed by atoms with Crippen molar-refractivity contribution in [2.24, 2.45) is 0 Å². The van der Waals surface area contributed by atoms with Crippen LogP contribution in [0, 0.1) is 0 Å². The van der Waals surface area contributed by atoms with Crippen molar-refractivity contribution >= 4 is 12.4 Å². The van der Waals surface area contributed by atoms with E-state index in [2.05, 4.69) is 0 Å². The fourth-order valence-corrected chi connectivity index (χ4v) is 6.06. The van der Waals surface area contributed by atoms with Gasteiger partial charge >= 0.3 is 0 Å². The number of hydrogen-bond donors (Lipinski definition) is 1. The lowest BCUT2D eigenvalue weighted by Gasteiger charge is -2.28. The summed E-state index contributed by atoms with van der Waals surface area (Å²) in [6.07, 6.45) is 0. The fraction of sp³-hybridized carbons (Fsp3) is 0.333. The largest absolute Gasteiger partial charge is 0.507 e. The number of aromatic hydroxyl groups is 1. The summed E-state index contributed by atoms with van der Waals surface area (Å²) < 4.78 is 13.6. The molecule has 0 aliphatic rings. The smallest absolute Gasteiger partial charge is 0.123 e. The molecular formula is C18H23O2P. The van der Waals surface area contributed by atoms with Crippen molar-refractivity contribution in [1.82, 2.24) is 0 Å². The molecule has 0 fully saturated rings. The molecule has 0 bridgehead atoms. The third-order valence-corrected chi connectivity index (χ3v) is 8.22. The Morgan fingerprint density at radius 2 is 1.29 bits per heavy atom. The molecule has 0 spiro atoms. The first kappa shape index (κ1) is 15.9. The molecule has 0 radical (unpaired) electrons. The average molecular weight is 302 g/mol. The van der Waals surface area contributed by atoms with E-state index in [1.807, 2.05) is 64.1 Å². The summed E-state index contributed by atoms with van der Waals surface area (Å²) in [6, 6.07) is 15.0. The molecule has 0 unspecified atom stereocenters. The molecule has 0 aliphatic carbocycles. The number of rotatable bonds is 4. The van der Waals surface area contributed by atoms with E-state index >= 15 is 0 Å². The number of benzene rings is 2. The summed E-state index contributed by atoms with van der Waals surface area (Å²) in [6.45, 7) is 8.07. The SMILES string of the molecule is CC(C)P(=O)(c1ccccc1-c1ccccc1O)C(C)C. The van der Waals surface area contributed by atoms with Gasteiger partial charge in [-0.05, 0) is 11.6 Å². The van der Waals surface area contributed by atoms with E-state index in [0.717, 1.165) is 16.4 Å². The first-order valence-electron chi connectivity index (χ1n) is 7.36. The summed E-state index contributed by atoms with van der Waals surface area (Å²) in [7, 11) is -2.55. The minimum Gasteiger partial charge on any atom is -0.507 e. The predicted molar refractivity (Wildman–Crippen MR) is 91.1 cm³/mol. The summed E-state index contributed by atoms with van der Waals surface area (Å²) in [5.74, 6) is 0.226. The third kappa shape index (κ3) is 2.78. The molecule has 0 aromatic heterocycles. The zero-order valence-corrected chi connectivity index (χ0v) is 14.0. The number of hydrogen-bond acceptors (Lipinski definition) is 2. The Labute approximate surface area is 127 Å². The maximum atomic E-state index is 13.6. The van der Waals surface area contributed by atoms with Crippen LogP contribution in [0.5, 0.6) is 5.75 Å². The Bertz CT molecular complexity index is 662. The molecule has 3 heteroatoms. The lowest BCUT2D eigenvalue weighted by Crippen LogP contribution is -2.21. The van der Waals surface area contributed by atoms with Crippen LogP contribution in [0.25, 0.3) is 11.1 Å². The van der Waals surface area contributed by atoms with Gasteiger partial charge in [-0.2, -0.15) is 0 Å². The van der Waals surface area contributed by atoms with Crippen LogP contribution in [0.4, 0.5) is 0 Å². The third-order valence-electron chi connectivity index (χ3n) is 4.01. The van der Waals surface area contributed by atoms with Crippen LogP contribution in [0.1, 0.15) is 27.7 Å². The Balaban J connectivity index is 2.73. The van der Waals surface area contributed by atoms with Gasteiger partial charge in [0.1, 0.15) is 12.9 Å². The molecule has 0 heterocycles. The van der Waals surface area contributed by atoms with Crippen LogP contribution < -0.4 is 5.30 Å². The van der Waals surface area contributed by atoms with Gasteiger partial charge in [0.15, 0.2) is 0 Å². The summed E-state index contributed by atoms with van der Waals surface area (Å²) in [5.41, 5.74) is 1.77. The van der Waals surface area contributed by atoms with Gasteiger partial charge in [0.05, 0.1) is 0 Å². The maximum absolute atomic E-state index is 13.6. The van der Waals surface area contributed by atoms with Crippen LogP contribution in [0.15, 0.2) is 48.5 Å². The second-order valence-corrected chi connectivity index (χ2v) is 9.90. The highest BCUT2D eigenvalue weighted by Gasteiger charge is 2.34. The molecule has 1 N–H and O–H groups in total. The molecule has 2 aromatic rings. The van der Waals surface area contributed by atoms with Gasteiger partial charge in [-0.3, -0.25) is 0 Å². The van der Waals surface area contributed by atoms with Crippen molar-refractivity contribution in [3.05, 3.63) is 48.5 Å².